The summed E-state index contributed by atoms with van der Waals surface area (Å²) in [7, 11) is 0. The normalized spacial score (nSPS) is 11.4. The minimum absolute atomic E-state index is 0.120. The molecule has 0 unspecified atom stereocenters. The van der Waals surface area contributed by atoms with Crippen molar-refractivity contribution in [1.29, 1.82) is 0 Å². The van der Waals surface area contributed by atoms with E-state index in [0.29, 0.717) is 21.7 Å². The summed E-state index contributed by atoms with van der Waals surface area (Å²) in [6.45, 7) is 1.79. The summed E-state index contributed by atoms with van der Waals surface area (Å²) in [5, 5.41) is 8.81. The molecule has 1 aromatic carbocycles. The van der Waals surface area contributed by atoms with Crippen molar-refractivity contribution in [2.75, 3.05) is 5.32 Å². The molecule has 4 heterocycles. The van der Waals surface area contributed by atoms with E-state index in [4.69, 9.17) is 4.42 Å². The zero-order chi connectivity index (χ0) is 21.5. The number of benzene rings is 1. The van der Waals surface area contributed by atoms with Gasteiger partial charge in [0.05, 0.1) is 18.3 Å². The fraction of sp³-hybridized carbons (Fsp3) is 0.143. The van der Waals surface area contributed by atoms with Crippen LogP contribution in [0, 0.1) is 6.92 Å². The van der Waals surface area contributed by atoms with Gasteiger partial charge in [-0.05, 0) is 42.6 Å². The minimum atomic E-state index is -0.495. The number of thiophene rings is 1. The fourth-order valence-corrected chi connectivity index (χ4v) is 4.24. The van der Waals surface area contributed by atoms with Crippen LogP contribution in [-0.2, 0) is 17.9 Å². The largest absolute Gasteiger partial charge is 0.467 e. The average molecular weight is 435 g/mol. The first-order valence-electron chi connectivity index (χ1n) is 9.50. The lowest BCUT2D eigenvalue weighted by molar-refractivity contribution is -0.117. The summed E-state index contributed by atoms with van der Waals surface area (Å²) in [6, 6.07) is 12.5. The van der Waals surface area contributed by atoms with Crippen molar-refractivity contribution >= 4 is 38.9 Å². The quantitative estimate of drug-likeness (QED) is 0.457. The minimum Gasteiger partial charge on any atom is -0.467 e. The first-order chi connectivity index (χ1) is 15.0. The van der Waals surface area contributed by atoms with E-state index in [-0.39, 0.29) is 24.4 Å². The van der Waals surface area contributed by atoms with Gasteiger partial charge in [0.25, 0.3) is 5.56 Å². The van der Waals surface area contributed by atoms with E-state index in [1.54, 1.807) is 35.7 Å². The Morgan fingerprint density at radius 1 is 1.16 bits per heavy atom. The number of carbonyl (C=O) groups excluding carboxylic acids is 1. The van der Waals surface area contributed by atoms with Gasteiger partial charge in [0.15, 0.2) is 0 Å². The molecule has 4 aromatic heterocycles. The molecule has 9 nitrogen and oxygen atoms in total. The SMILES string of the molecule is Cc1ccc(NC(=O)Cn2nc3n(Cc4ccco4)c(=O)c4sccc4n3c2=O)cc1. The van der Waals surface area contributed by atoms with Gasteiger partial charge in [-0.3, -0.25) is 14.2 Å². The molecule has 0 fully saturated rings. The second-order valence-electron chi connectivity index (χ2n) is 7.10. The van der Waals surface area contributed by atoms with Gasteiger partial charge in [-0.2, -0.15) is 0 Å². The second kappa shape index (κ2) is 7.40. The van der Waals surface area contributed by atoms with E-state index >= 15 is 0 Å². The van der Waals surface area contributed by atoms with Gasteiger partial charge in [-0.15, -0.1) is 16.4 Å². The number of aromatic nitrogens is 4. The van der Waals surface area contributed by atoms with E-state index in [1.807, 2.05) is 19.1 Å². The van der Waals surface area contributed by atoms with Crippen LogP contribution in [0.3, 0.4) is 0 Å². The molecule has 1 amide bonds. The number of nitrogens with one attached hydrogen (secondary N) is 1. The molecule has 0 radical (unpaired) electrons. The maximum Gasteiger partial charge on any atom is 0.352 e. The Hall–Kier alpha value is -3.92. The molecule has 0 bridgehead atoms. The lowest BCUT2D eigenvalue weighted by atomic mass is 10.2. The van der Waals surface area contributed by atoms with Crippen molar-refractivity contribution in [3.63, 3.8) is 0 Å². The zero-order valence-electron chi connectivity index (χ0n) is 16.4. The van der Waals surface area contributed by atoms with Crippen LogP contribution in [-0.4, -0.2) is 24.7 Å². The van der Waals surface area contributed by atoms with Crippen LogP contribution in [0.5, 0.6) is 0 Å². The smallest absolute Gasteiger partial charge is 0.352 e. The fourth-order valence-electron chi connectivity index (χ4n) is 3.41. The third-order valence-electron chi connectivity index (χ3n) is 4.91. The second-order valence-corrected chi connectivity index (χ2v) is 8.01. The Morgan fingerprint density at radius 2 is 1.97 bits per heavy atom. The Labute approximate surface area is 178 Å². The number of rotatable bonds is 5. The lowest BCUT2D eigenvalue weighted by Gasteiger charge is -2.05. The van der Waals surface area contributed by atoms with Gasteiger partial charge in [-0.1, -0.05) is 17.7 Å². The standard InChI is InChI=1S/C21H17N5O4S/c1-13-4-6-14(7-5-13)22-17(27)12-25-21(29)26-16-8-10-31-18(16)19(28)24(20(26)23-25)11-15-3-2-9-30-15/h2-10H,11-12H2,1H3,(H,22,27). The number of hydrogen-bond acceptors (Lipinski definition) is 6. The highest BCUT2D eigenvalue weighted by atomic mass is 32.1. The summed E-state index contributed by atoms with van der Waals surface area (Å²) in [4.78, 5) is 38.6. The molecular formula is C21H17N5O4S. The van der Waals surface area contributed by atoms with Crippen molar-refractivity contribution < 1.29 is 9.21 Å². The summed E-state index contributed by atoms with van der Waals surface area (Å²) in [5.41, 5.74) is 1.41. The van der Waals surface area contributed by atoms with Crippen LogP contribution >= 0.6 is 11.3 Å². The topological polar surface area (TPSA) is 104 Å². The van der Waals surface area contributed by atoms with Crippen LogP contribution in [0.1, 0.15) is 11.3 Å². The van der Waals surface area contributed by atoms with Gasteiger partial charge in [0, 0.05) is 5.69 Å². The predicted octanol–water partition coefficient (Wildman–Crippen LogP) is 2.46. The summed E-state index contributed by atoms with van der Waals surface area (Å²) >= 11 is 1.25. The third-order valence-corrected chi connectivity index (χ3v) is 5.80. The molecule has 10 heteroatoms. The molecule has 156 valence electrons. The lowest BCUT2D eigenvalue weighted by Crippen LogP contribution is -2.29. The van der Waals surface area contributed by atoms with Crippen LogP contribution in [0.25, 0.3) is 16.0 Å². The first kappa shape index (κ1) is 19.1. The number of nitrogens with zero attached hydrogens (tertiary/aromatic N) is 4. The molecule has 0 spiro atoms. The number of carbonyl (C=O) groups is 1. The number of hydrogen-bond donors (Lipinski definition) is 1. The van der Waals surface area contributed by atoms with Crippen LogP contribution in [0.4, 0.5) is 5.69 Å². The van der Waals surface area contributed by atoms with Crippen molar-refractivity contribution in [2.24, 2.45) is 0 Å². The Kier molecular flexibility index (Phi) is 4.55. The van der Waals surface area contributed by atoms with E-state index in [2.05, 4.69) is 10.4 Å². The molecule has 0 aliphatic heterocycles. The maximum atomic E-state index is 13.1. The summed E-state index contributed by atoms with van der Waals surface area (Å²) < 4.78 is 9.61. The zero-order valence-corrected chi connectivity index (χ0v) is 17.3. The van der Waals surface area contributed by atoms with Gasteiger partial charge >= 0.3 is 5.69 Å². The summed E-state index contributed by atoms with van der Waals surface area (Å²) in [5.74, 6) is 0.315. The van der Waals surface area contributed by atoms with E-state index < -0.39 is 11.6 Å². The maximum absolute atomic E-state index is 13.1. The van der Waals surface area contributed by atoms with E-state index in [1.165, 1.54) is 26.6 Å². The first-order valence-corrected chi connectivity index (χ1v) is 10.4. The van der Waals surface area contributed by atoms with Crippen molar-refractivity contribution in [3.05, 3.63) is 86.3 Å². The Morgan fingerprint density at radius 3 is 2.71 bits per heavy atom. The summed E-state index contributed by atoms with van der Waals surface area (Å²) in [6.07, 6.45) is 1.52. The molecular weight excluding hydrogens is 418 g/mol. The van der Waals surface area contributed by atoms with Crippen LogP contribution < -0.4 is 16.6 Å². The molecule has 5 rings (SSSR count). The van der Waals surface area contributed by atoms with Crippen LogP contribution in [0.2, 0.25) is 0 Å². The molecule has 0 aliphatic rings. The highest BCUT2D eigenvalue weighted by Gasteiger charge is 2.20. The van der Waals surface area contributed by atoms with Gasteiger partial charge in [0.2, 0.25) is 11.7 Å². The highest BCUT2D eigenvalue weighted by molar-refractivity contribution is 7.17. The van der Waals surface area contributed by atoms with Crippen LogP contribution in [0.15, 0.2) is 68.1 Å². The van der Waals surface area contributed by atoms with Crippen molar-refractivity contribution in [3.8, 4) is 0 Å². The van der Waals surface area contributed by atoms with E-state index in [9.17, 15) is 14.4 Å². The van der Waals surface area contributed by atoms with Crippen molar-refractivity contribution in [1.82, 2.24) is 18.7 Å². The molecule has 5 aromatic rings. The molecule has 1 N–H and O–H groups in total. The monoisotopic (exact) mass is 435 g/mol. The average Bonchev–Trinajstić information content (AvgIpc) is 3.48. The van der Waals surface area contributed by atoms with Gasteiger partial charge < -0.3 is 9.73 Å². The number of anilines is 1. The molecule has 0 aliphatic carbocycles. The number of fused-ring (bicyclic) bond motifs is 3. The van der Waals surface area contributed by atoms with Gasteiger partial charge in [-0.25, -0.2) is 13.9 Å². The predicted molar refractivity (Wildman–Crippen MR) is 117 cm³/mol. The van der Waals surface area contributed by atoms with Gasteiger partial charge in [0.1, 0.15) is 17.0 Å². The molecule has 0 saturated carbocycles. The molecule has 0 saturated heterocycles. The number of furan rings is 1. The number of amides is 1. The Bertz CT molecular complexity index is 1520. The third kappa shape index (κ3) is 3.36. The molecule has 0 atom stereocenters. The molecule has 31 heavy (non-hydrogen) atoms. The number of aryl methyl sites for hydroxylation is 1. The highest BCUT2D eigenvalue weighted by Crippen LogP contribution is 2.18. The van der Waals surface area contributed by atoms with E-state index in [0.717, 1.165) is 10.2 Å². The Balaban J connectivity index is 1.57. The van der Waals surface area contributed by atoms with Crippen molar-refractivity contribution in [2.45, 2.75) is 20.0 Å².